The van der Waals surface area contributed by atoms with Crippen LogP contribution in [0.4, 0.5) is 0 Å². The van der Waals surface area contributed by atoms with Crippen LogP contribution in [0.3, 0.4) is 0 Å². The Morgan fingerprint density at radius 2 is 1.25 bits per heavy atom. The molecule has 2 rings (SSSR count). The van der Waals surface area contributed by atoms with Crippen LogP contribution in [0.2, 0.25) is 0 Å². The van der Waals surface area contributed by atoms with Crippen LogP contribution in [0.15, 0.2) is 0 Å². The number of fused-ring (bicyclic) bond motifs is 1. The summed E-state index contributed by atoms with van der Waals surface area (Å²) in [5.41, 5.74) is 0. The predicted octanol–water partition coefficient (Wildman–Crippen LogP) is -2.85. The molecule has 0 unspecified atom stereocenters. The van der Waals surface area contributed by atoms with E-state index in [1.165, 1.54) is 0 Å². The molecular weight excluding hydrogens is 168 g/mol. The summed E-state index contributed by atoms with van der Waals surface area (Å²) in [5, 5.41) is 37.4. The van der Waals surface area contributed by atoms with Gasteiger partial charge in [0.25, 0.3) is 11.6 Å². The molecule has 2 saturated heterocycles. The van der Waals surface area contributed by atoms with Crippen LogP contribution in [-0.2, 0) is 9.47 Å². The lowest BCUT2D eigenvalue weighted by Crippen LogP contribution is -2.57. The third-order valence-electron chi connectivity index (χ3n) is 2.34. The van der Waals surface area contributed by atoms with Gasteiger partial charge >= 0.3 is 0 Å². The van der Waals surface area contributed by atoms with Crippen molar-refractivity contribution in [3.63, 3.8) is 0 Å². The van der Waals surface area contributed by atoms with Gasteiger partial charge in [0.05, 0.1) is 13.2 Å². The van der Waals surface area contributed by atoms with E-state index in [2.05, 4.69) is 9.47 Å². The lowest BCUT2D eigenvalue weighted by Gasteiger charge is -2.30. The number of rotatable bonds is 0. The Kier molecular flexibility index (Phi) is 1.51. The Bertz CT molecular complexity index is 186. The Morgan fingerprint density at radius 3 is 1.58 bits per heavy atom. The highest BCUT2D eigenvalue weighted by Gasteiger charge is 2.70. The van der Waals surface area contributed by atoms with Crippen molar-refractivity contribution in [2.24, 2.45) is 0 Å². The fourth-order valence-corrected chi connectivity index (χ4v) is 1.51. The van der Waals surface area contributed by atoms with Crippen LogP contribution >= 0.6 is 0 Å². The summed E-state index contributed by atoms with van der Waals surface area (Å²) in [6, 6.07) is 0. The molecule has 2 fully saturated rings. The molecule has 2 aliphatic heterocycles. The number of aliphatic hydroxyl groups excluding tert-OH is 2. The van der Waals surface area contributed by atoms with Crippen molar-refractivity contribution in [2.45, 2.75) is 23.8 Å². The number of hydrogen-bond acceptors (Lipinski definition) is 6. The zero-order valence-electron chi connectivity index (χ0n) is 6.17. The first-order chi connectivity index (χ1) is 5.51. The summed E-state index contributed by atoms with van der Waals surface area (Å²) >= 11 is 0. The Balaban J connectivity index is 2.37. The van der Waals surface area contributed by atoms with Crippen molar-refractivity contribution < 1.29 is 29.9 Å². The van der Waals surface area contributed by atoms with Gasteiger partial charge in [-0.25, -0.2) is 0 Å². The molecule has 0 aromatic carbocycles. The second-order valence-electron chi connectivity index (χ2n) is 3.05. The van der Waals surface area contributed by atoms with Gasteiger partial charge in [-0.3, -0.25) is 0 Å². The number of hydrogen-bond donors (Lipinski definition) is 4. The maximum absolute atomic E-state index is 9.52. The molecule has 0 aromatic rings. The normalized spacial score (nSPS) is 59.0. The maximum Gasteiger partial charge on any atom is 0.253 e. The average Bonchev–Trinajstić information content (AvgIpc) is 2.39. The third-order valence-corrected chi connectivity index (χ3v) is 2.34. The second-order valence-corrected chi connectivity index (χ2v) is 3.05. The van der Waals surface area contributed by atoms with Gasteiger partial charge in [-0.15, -0.1) is 0 Å². The van der Waals surface area contributed by atoms with E-state index in [1.54, 1.807) is 0 Å². The summed E-state index contributed by atoms with van der Waals surface area (Å²) in [5.74, 6) is -4.38. The lowest BCUT2D eigenvalue weighted by atomic mass is 10.0. The molecule has 0 bridgehead atoms. The molecule has 0 radical (unpaired) electrons. The van der Waals surface area contributed by atoms with Crippen molar-refractivity contribution >= 4 is 0 Å². The first-order valence-corrected chi connectivity index (χ1v) is 3.59. The molecule has 2 heterocycles. The summed E-state index contributed by atoms with van der Waals surface area (Å²) in [6.45, 7) is -0.520. The van der Waals surface area contributed by atoms with E-state index in [0.29, 0.717) is 0 Å². The highest BCUT2D eigenvalue weighted by Crippen LogP contribution is 2.42. The van der Waals surface area contributed by atoms with Crippen LogP contribution in [-0.4, -0.2) is 57.4 Å². The van der Waals surface area contributed by atoms with Gasteiger partial charge in [0.1, 0.15) is 12.2 Å². The van der Waals surface area contributed by atoms with Crippen molar-refractivity contribution in [3.05, 3.63) is 0 Å². The van der Waals surface area contributed by atoms with Crippen LogP contribution < -0.4 is 0 Å². The molecule has 12 heavy (non-hydrogen) atoms. The molecule has 2 aliphatic rings. The van der Waals surface area contributed by atoms with E-state index >= 15 is 0 Å². The molecule has 0 aromatic heterocycles. The zero-order chi connectivity index (χ0) is 8.98. The zero-order valence-corrected chi connectivity index (χ0v) is 6.17. The van der Waals surface area contributed by atoms with Gasteiger partial charge in [-0.1, -0.05) is 0 Å². The Labute approximate surface area is 68.0 Å². The molecular formula is C6H10O6. The van der Waals surface area contributed by atoms with Gasteiger partial charge in [-0.05, 0) is 0 Å². The maximum atomic E-state index is 9.52. The quantitative estimate of drug-likeness (QED) is 0.318. The van der Waals surface area contributed by atoms with E-state index in [-0.39, 0.29) is 13.2 Å². The van der Waals surface area contributed by atoms with Crippen LogP contribution in [0, 0.1) is 0 Å². The van der Waals surface area contributed by atoms with Gasteiger partial charge in [-0.2, -0.15) is 0 Å². The highest BCUT2D eigenvalue weighted by molar-refractivity contribution is 5.05. The van der Waals surface area contributed by atoms with E-state index < -0.39 is 23.8 Å². The Morgan fingerprint density at radius 1 is 0.917 bits per heavy atom. The van der Waals surface area contributed by atoms with Gasteiger partial charge < -0.3 is 29.9 Å². The topological polar surface area (TPSA) is 99.4 Å². The lowest BCUT2D eigenvalue weighted by molar-refractivity contribution is -0.329. The Hall–Kier alpha value is -0.240. The van der Waals surface area contributed by atoms with E-state index in [4.69, 9.17) is 0 Å². The van der Waals surface area contributed by atoms with Gasteiger partial charge in [0.2, 0.25) is 0 Å². The van der Waals surface area contributed by atoms with Crippen LogP contribution in [0.1, 0.15) is 0 Å². The molecule has 4 atom stereocenters. The van der Waals surface area contributed by atoms with Gasteiger partial charge in [0, 0.05) is 0 Å². The van der Waals surface area contributed by atoms with Crippen LogP contribution in [0.25, 0.3) is 0 Å². The first kappa shape index (κ1) is 8.36. The predicted molar refractivity (Wildman–Crippen MR) is 33.8 cm³/mol. The molecule has 6 nitrogen and oxygen atoms in total. The summed E-state index contributed by atoms with van der Waals surface area (Å²) in [7, 11) is 0. The van der Waals surface area contributed by atoms with Crippen molar-refractivity contribution in [1.29, 1.82) is 0 Å². The summed E-state index contributed by atoms with van der Waals surface area (Å²) < 4.78 is 9.34. The molecule has 4 N–H and O–H groups in total. The molecule has 0 spiro atoms. The number of ether oxygens (including phenoxy) is 2. The fraction of sp³-hybridized carbons (Fsp3) is 1.00. The highest BCUT2D eigenvalue weighted by atomic mass is 16.8. The minimum absolute atomic E-state index is 0.260. The van der Waals surface area contributed by atoms with Crippen molar-refractivity contribution in [3.8, 4) is 0 Å². The van der Waals surface area contributed by atoms with E-state index in [1.807, 2.05) is 0 Å². The minimum Gasteiger partial charge on any atom is -0.385 e. The van der Waals surface area contributed by atoms with E-state index in [0.717, 1.165) is 0 Å². The monoisotopic (exact) mass is 178 g/mol. The van der Waals surface area contributed by atoms with Crippen molar-refractivity contribution in [2.75, 3.05) is 13.2 Å². The van der Waals surface area contributed by atoms with E-state index in [9.17, 15) is 20.4 Å². The smallest absolute Gasteiger partial charge is 0.253 e. The second kappa shape index (κ2) is 2.16. The molecule has 0 amide bonds. The molecule has 0 saturated carbocycles. The number of aliphatic hydroxyl groups is 4. The summed E-state index contributed by atoms with van der Waals surface area (Å²) in [4.78, 5) is 0. The fourth-order valence-electron chi connectivity index (χ4n) is 1.51. The minimum atomic E-state index is -2.19. The molecule has 0 aliphatic carbocycles. The average molecular weight is 178 g/mol. The first-order valence-electron chi connectivity index (χ1n) is 3.59. The van der Waals surface area contributed by atoms with Crippen molar-refractivity contribution in [1.82, 2.24) is 0 Å². The standard InChI is InChI=1S/C6H10O6/c7-3-1-11-6(10)4(8)2-12-5(3,6)9/h3-4,7-10H,1-2H2/t3-,4-,5+,6+/m1/s1. The van der Waals surface area contributed by atoms with Gasteiger partial charge in [0.15, 0.2) is 0 Å². The third kappa shape index (κ3) is 0.698. The summed E-state index contributed by atoms with van der Waals surface area (Å²) in [6.07, 6.45) is -2.67. The largest absolute Gasteiger partial charge is 0.385 e. The van der Waals surface area contributed by atoms with Crippen LogP contribution in [0.5, 0.6) is 0 Å². The molecule has 6 heteroatoms. The molecule has 70 valence electrons. The SMILES string of the molecule is O[C@@H]1CO[C@@]2(O)[C@H](O)CO[C@@]12O.